The Morgan fingerprint density at radius 3 is 2.82 bits per heavy atom. The first kappa shape index (κ1) is 17.3. The summed E-state index contributed by atoms with van der Waals surface area (Å²) in [6.07, 6.45) is 3.97. The number of aliphatic imine (C=N–C) groups is 1. The number of aromatic nitrogens is 1. The first-order valence-electron chi connectivity index (χ1n) is 7.02. The Labute approximate surface area is 143 Å². The quantitative estimate of drug-likeness (QED) is 0.790. The lowest BCUT2D eigenvalue weighted by atomic mass is 9.91. The molecular formula is C15H20BrN3O2S. The lowest BCUT2D eigenvalue weighted by molar-refractivity contribution is 0.0564. The van der Waals surface area contributed by atoms with E-state index >= 15 is 0 Å². The second kappa shape index (κ2) is 6.58. The van der Waals surface area contributed by atoms with Gasteiger partial charge in [-0.2, -0.15) is 0 Å². The summed E-state index contributed by atoms with van der Waals surface area (Å²) in [6, 6.07) is 2.01. The fourth-order valence-corrected chi connectivity index (χ4v) is 3.51. The van der Waals surface area contributed by atoms with Crippen LogP contribution in [0.15, 0.2) is 27.9 Å². The highest BCUT2D eigenvalue weighted by Gasteiger charge is 2.31. The van der Waals surface area contributed by atoms with Gasteiger partial charge in [0, 0.05) is 22.6 Å². The maximum atomic E-state index is 11.9. The molecule has 1 amide bonds. The summed E-state index contributed by atoms with van der Waals surface area (Å²) in [5, 5.41) is 3.32. The van der Waals surface area contributed by atoms with Gasteiger partial charge in [-0.3, -0.25) is 15.3 Å². The van der Waals surface area contributed by atoms with E-state index < -0.39 is 17.2 Å². The van der Waals surface area contributed by atoms with Crippen LogP contribution in [0.5, 0.6) is 0 Å². The van der Waals surface area contributed by atoms with Crippen molar-refractivity contribution in [3.8, 4) is 0 Å². The van der Waals surface area contributed by atoms with Crippen LogP contribution < -0.4 is 5.32 Å². The van der Waals surface area contributed by atoms with Crippen molar-refractivity contribution in [3.05, 3.63) is 28.5 Å². The molecule has 7 heteroatoms. The third kappa shape index (κ3) is 4.71. The average molecular weight is 386 g/mol. The highest BCUT2D eigenvalue weighted by molar-refractivity contribution is 9.10. The standard InChI is InChI=1S/C15H20BrN3O2S/c1-14(2,3)21-13(20)18-12-19-15(4,5-6-22-12)10-7-11(16)9-17-8-10/h7-9H,5-6H2,1-4H3,(H,18,19,20)/t15-/m0/s1. The van der Waals surface area contributed by atoms with Gasteiger partial charge in [-0.1, -0.05) is 11.8 Å². The number of carbonyl (C=O) groups is 1. The number of amidine groups is 1. The fraction of sp³-hybridized carbons (Fsp3) is 0.533. The number of nitrogens with one attached hydrogen (secondary N) is 1. The van der Waals surface area contributed by atoms with E-state index in [1.165, 1.54) is 11.8 Å². The number of ether oxygens (including phenoxy) is 1. The average Bonchev–Trinajstić information content (AvgIpc) is 2.36. The Bertz CT molecular complexity index is 601. The van der Waals surface area contributed by atoms with Gasteiger partial charge in [0.05, 0.1) is 5.54 Å². The minimum atomic E-state index is -0.526. The lowest BCUT2D eigenvalue weighted by Crippen LogP contribution is -2.38. The maximum absolute atomic E-state index is 11.9. The van der Waals surface area contributed by atoms with Crippen molar-refractivity contribution < 1.29 is 9.53 Å². The van der Waals surface area contributed by atoms with Crippen molar-refractivity contribution in [1.82, 2.24) is 10.3 Å². The fourth-order valence-electron chi connectivity index (χ4n) is 2.03. The Morgan fingerprint density at radius 1 is 1.45 bits per heavy atom. The number of carbonyl (C=O) groups excluding carboxylic acids is 1. The predicted octanol–water partition coefficient (Wildman–Crippen LogP) is 4.08. The van der Waals surface area contributed by atoms with Crippen LogP contribution in [0.25, 0.3) is 0 Å². The molecule has 120 valence electrons. The molecule has 0 fully saturated rings. The number of thioether (sulfide) groups is 1. The second-order valence-corrected chi connectivity index (χ2v) is 8.31. The molecule has 1 aromatic heterocycles. The van der Waals surface area contributed by atoms with E-state index in [1.807, 2.05) is 40.0 Å². The van der Waals surface area contributed by atoms with Gasteiger partial charge in [-0.15, -0.1) is 0 Å². The minimum Gasteiger partial charge on any atom is -0.444 e. The highest BCUT2D eigenvalue weighted by Crippen LogP contribution is 2.35. The van der Waals surface area contributed by atoms with Gasteiger partial charge in [-0.05, 0) is 61.7 Å². The molecular weight excluding hydrogens is 366 g/mol. The molecule has 0 unspecified atom stereocenters. The van der Waals surface area contributed by atoms with Gasteiger partial charge in [0.25, 0.3) is 0 Å². The molecule has 0 saturated heterocycles. The van der Waals surface area contributed by atoms with Crippen LogP contribution >= 0.6 is 27.7 Å². The number of rotatable bonds is 1. The molecule has 1 aliphatic heterocycles. The predicted molar refractivity (Wildman–Crippen MR) is 93.2 cm³/mol. The SMILES string of the molecule is CC(C)(C)OC(=O)NC1=N[C@](C)(c2cncc(Br)c2)CCS1. The smallest absolute Gasteiger partial charge is 0.413 e. The normalized spacial score (nSPS) is 22.0. The Kier molecular flexibility index (Phi) is 5.17. The molecule has 0 saturated carbocycles. The van der Waals surface area contributed by atoms with Crippen LogP contribution in [-0.4, -0.2) is 27.6 Å². The molecule has 1 aliphatic rings. The molecule has 0 aliphatic carbocycles. The summed E-state index contributed by atoms with van der Waals surface area (Å²) in [6.45, 7) is 7.55. The van der Waals surface area contributed by atoms with Crippen molar-refractivity contribution in [2.45, 2.75) is 45.3 Å². The van der Waals surface area contributed by atoms with Crippen molar-refractivity contribution in [1.29, 1.82) is 0 Å². The molecule has 2 rings (SSSR count). The Balaban J connectivity index is 2.16. The maximum Gasteiger partial charge on any atom is 0.413 e. The van der Waals surface area contributed by atoms with Gasteiger partial charge >= 0.3 is 6.09 Å². The largest absolute Gasteiger partial charge is 0.444 e. The molecule has 2 heterocycles. The van der Waals surface area contributed by atoms with E-state index in [0.717, 1.165) is 22.2 Å². The van der Waals surface area contributed by atoms with E-state index in [2.05, 4.69) is 26.2 Å². The highest BCUT2D eigenvalue weighted by atomic mass is 79.9. The van der Waals surface area contributed by atoms with Crippen LogP contribution in [0.2, 0.25) is 0 Å². The number of hydrogen-bond donors (Lipinski definition) is 1. The summed E-state index contributed by atoms with van der Waals surface area (Å²) < 4.78 is 6.19. The van der Waals surface area contributed by atoms with Gasteiger partial charge in [-0.25, -0.2) is 4.79 Å². The molecule has 0 radical (unpaired) electrons. The molecule has 1 atom stereocenters. The Hall–Kier alpha value is -1.08. The zero-order valence-electron chi connectivity index (χ0n) is 13.1. The van der Waals surface area contributed by atoms with Gasteiger partial charge < -0.3 is 4.74 Å². The first-order valence-corrected chi connectivity index (χ1v) is 8.79. The van der Waals surface area contributed by atoms with Crippen molar-refractivity contribution >= 4 is 39.0 Å². The van der Waals surface area contributed by atoms with Crippen LogP contribution in [0, 0.1) is 0 Å². The zero-order chi connectivity index (χ0) is 16.4. The number of amides is 1. The Morgan fingerprint density at radius 2 is 2.18 bits per heavy atom. The molecule has 5 nitrogen and oxygen atoms in total. The summed E-state index contributed by atoms with van der Waals surface area (Å²) in [4.78, 5) is 20.8. The molecule has 1 N–H and O–H groups in total. The third-order valence-corrected chi connectivity index (χ3v) is 4.42. The van der Waals surface area contributed by atoms with Crippen molar-refractivity contribution in [2.24, 2.45) is 4.99 Å². The number of hydrogen-bond acceptors (Lipinski definition) is 5. The number of nitrogens with zero attached hydrogens (tertiary/aromatic N) is 2. The van der Waals surface area contributed by atoms with E-state index in [0.29, 0.717) is 5.17 Å². The van der Waals surface area contributed by atoms with Crippen molar-refractivity contribution in [2.75, 3.05) is 5.75 Å². The van der Waals surface area contributed by atoms with Crippen LogP contribution in [0.1, 0.15) is 39.7 Å². The van der Waals surface area contributed by atoms with E-state index in [1.54, 1.807) is 6.20 Å². The number of halogens is 1. The summed E-state index contributed by atoms with van der Waals surface area (Å²) in [5.41, 5.74) is 0.0964. The minimum absolute atomic E-state index is 0.396. The van der Waals surface area contributed by atoms with Gasteiger partial charge in [0.2, 0.25) is 0 Å². The monoisotopic (exact) mass is 385 g/mol. The summed E-state index contributed by atoms with van der Waals surface area (Å²) in [5.74, 6) is 0.873. The van der Waals surface area contributed by atoms with Gasteiger partial charge in [0.1, 0.15) is 5.60 Å². The van der Waals surface area contributed by atoms with E-state index in [-0.39, 0.29) is 0 Å². The van der Waals surface area contributed by atoms with Gasteiger partial charge in [0.15, 0.2) is 5.17 Å². The third-order valence-electron chi connectivity index (χ3n) is 3.11. The number of alkyl carbamates (subject to hydrolysis) is 1. The van der Waals surface area contributed by atoms with E-state index in [4.69, 9.17) is 9.73 Å². The van der Waals surface area contributed by atoms with Crippen molar-refractivity contribution in [3.63, 3.8) is 0 Å². The second-order valence-electron chi connectivity index (χ2n) is 6.31. The molecule has 0 spiro atoms. The molecule has 0 bridgehead atoms. The van der Waals surface area contributed by atoms with E-state index in [9.17, 15) is 4.79 Å². The van der Waals surface area contributed by atoms with Crippen LogP contribution in [0.4, 0.5) is 4.79 Å². The zero-order valence-corrected chi connectivity index (χ0v) is 15.5. The number of pyridine rings is 1. The molecule has 1 aromatic rings. The first-order chi connectivity index (χ1) is 10.2. The molecule has 22 heavy (non-hydrogen) atoms. The van der Waals surface area contributed by atoms with Crippen LogP contribution in [0.3, 0.4) is 0 Å². The summed E-state index contributed by atoms with van der Waals surface area (Å²) >= 11 is 4.96. The van der Waals surface area contributed by atoms with Crippen LogP contribution in [-0.2, 0) is 10.3 Å². The molecule has 0 aromatic carbocycles. The summed E-state index contributed by atoms with van der Waals surface area (Å²) in [7, 11) is 0. The lowest BCUT2D eigenvalue weighted by Gasteiger charge is -2.30. The topological polar surface area (TPSA) is 63.6 Å².